The number of nitrogens with zero attached hydrogens (tertiary/aromatic N) is 2. The minimum Gasteiger partial charge on any atom is -0.481 e. The van der Waals surface area contributed by atoms with E-state index in [1.807, 2.05) is 31.2 Å². The Bertz CT molecular complexity index is 605. The van der Waals surface area contributed by atoms with Gasteiger partial charge in [-0.25, -0.2) is 0 Å². The van der Waals surface area contributed by atoms with Crippen molar-refractivity contribution in [3.63, 3.8) is 0 Å². The van der Waals surface area contributed by atoms with Gasteiger partial charge in [0, 0.05) is 22.8 Å². The number of benzene rings is 1. The lowest BCUT2D eigenvalue weighted by Crippen LogP contribution is -2.05. The fourth-order valence-corrected chi connectivity index (χ4v) is 2.19. The summed E-state index contributed by atoms with van der Waals surface area (Å²) in [4.78, 5) is 10.7. The molecule has 0 aliphatic heterocycles. The van der Waals surface area contributed by atoms with Crippen molar-refractivity contribution in [2.75, 3.05) is 0 Å². The second-order valence-electron chi connectivity index (χ2n) is 4.17. The molecule has 0 saturated carbocycles. The van der Waals surface area contributed by atoms with Crippen LogP contribution in [0.25, 0.3) is 11.3 Å². The summed E-state index contributed by atoms with van der Waals surface area (Å²) in [7, 11) is 1.76. The van der Waals surface area contributed by atoms with E-state index in [1.165, 1.54) is 0 Å². The van der Waals surface area contributed by atoms with Crippen LogP contribution in [-0.4, -0.2) is 20.9 Å². The largest absolute Gasteiger partial charge is 0.481 e. The zero-order valence-electron chi connectivity index (χ0n) is 10.1. The molecule has 0 bridgehead atoms. The number of hydrogen-bond donors (Lipinski definition) is 1. The molecule has 0 fully saturated rings. The van der Waals surface area contributed by atoms with Crippen LogP contribution in [0.4, 0.5) is 0 Å². The Labute approximate surface area is 113 Å². The van der Waals surface area contributed by atoms with Crippen molar-refractivity contribution in [2.45, 2.75) is 13.3 Å². The van der Waals surface area contributed by atoms with Crippen LogP contribution in [0.2, 0.25) is 0 Å². The number of halogens is 1. The highest BCUT2D eigenvalue weighted by molar-refractivity contribution is 9.10. The van der Waals surface area contributed by atoms with Crippen LogP contribution in [-0.2, 0) is 18.3 Å². The van der Waals surface area contributed by atoms with Gasteiger partial charge >= 0.3 is 5.97 Å². The van der Waals surface area contributed by atoms with E-state index in [0.717, 1.165) is 21.3 Å². The molecule has 94 valence electrons. The molecule has 4 nitrogen and oxygen atoms in total. The Hall–Kier alpha value is -1.62. The van der Waals surface area contributed by atoms with Crippen LogP contribution in [0.15, 0.2) is 28.7 Å². The lowest BCUT2D eigenvalue weighted by Gasteiger charge is -2.02. The third-order valence-corrected chi connectivity index (χ3v) is 3.28. The van der Waals surface area contributed by atoms with Gasteiger partial charge < -0.3 is 5.11 Å². The minimum absolute atomic E-state index is 0.0173. The molecule has 18 heavy (non-hydrogen) atoms. The van der Waals surface area contributed by atoms with E-state index in [4.69, 9.17) is 5.11 Å². The van der Waals surface area contributed by atoms with Gasteiger partial charge in [-0.1, -0.05) is 22.0 Å². The molecule has 0 atom stereocenters. The van der Waals surface area contributed by atoms with E-state index in [2.05, 4.69) is 21.0 Å². The van der Waals surface area contributed by atoms with Crippen LogP contribution in [0.5, 0.6) is 0 Å². The smallest absolute Gasteiger partial charge is 0.309 e. The van der Waals surface area contributed by atoms with Crippen molar-refractivity contribution in [3.8, 4) is 11.3 Å². The Morgan fingerprint density at radius 2 is 2.17 bits per heavy atom. The van der Waals surface area contributed by atoms with E-state index >= 15 is 0 Å². The SMILES string of the molecule is Cc1ccc(Br)cc1-c1cc(CC(=O)O)n(C)n1. The van der Waals surface area contributed by atoms with Gasteiger partial charge in [0.2, 0.25) is 0 Å². The van der Waals surface area contributed by atoms with Gasteiger partial charge in [-0.3, -0.25) is 9.48 Å². The summed E-state index contributed by atoms with van der Waals surface area (Å²) in [5.41, 5.74) is 3.61. The second-order valence-corrected chi connectivity index (χ2v) is 5.09. The molecule has 0 aliphatic rings. The fraction of sp³-hybridized carbons (Fsp3) is 0.231. The monoisotopic (exact) mass is 308 g/mol. The van der Waals surface area contributed by atoms with Gasteiger partial charge in [0.15, 0.2) is 0 Å². The summed E-state index contributed by atoms with van der Waals surface area (Å²) in [6, 6.07) is 7.79. The average molecular weight is 309 g/mol. The summed E-state index contributed by atoms with van der Waals surface area (Å²) < 4.78 is 2.60. The zero-order chi connectivity index (χ0) is 13.3. The van der Waals surface area contributed by atoms with Crippen molar-refractivity contribution in [1.29, 1.82) is 0 Å². The van der Waals surface area contributed by atoms with Crippen molar-refractivity contribution < 1.29 is 9.90 Å². The molecular formula is C13H13BrN2O2. The number of carboxylic acid groups (broad SMARTS) is 1. The molecule has 2 rings (SSSR count). The van der Waals surface area contributed by atoms with Crippen LogP contribution in [0.1, 0.15) is 11.3 Å². The molecule has 0 unspecified atom stereocenters. The normalized spacial score (nSPS) is 10.6. The molecule has 1 aromatic carbocycles. The number of rotatable bonds is 3. The molecule has 1 N–H and O–H groups in total. The highest BCUT2D eigenvalue weighted by atomic mass is 79.9. The maximum absolute atomic E-state index is 10.7. The van der Waals surface area contributed by atoms with E-state index in [-0.39, 0.29) is 6.42 Å². The molecule has 0 aliphatic carbocycles. The minimum atomic E-state index is -0.851. The Balaban J connectivity index is 2.45. The standard InChI is InChI=1S/C13H13BrN2O2/c1-8-3-4-9(14)5-11(8)12-6-10(7-13(17)18)16(2)15-12/h3-6H,7H2,1-2H3,(H,17,18). The summed E-state index contributed by atoms with van der Waals surface area (Å²) in [5.74, 6) is -0.851. The van der Waals surface area contributed by atoms with Crippen LogP contribution in [0, 0.1) is 6.92 Å². The number of aryl methyl sites for hydroxylation is 2. The number of carbonyl (C=O) groups is 1. The highest BCUT2D eigenvalue weighted by Crippen LogP contribution is 2.26. The van der Waals surface area contributed by atoms with Crippen LogP contribution < -0.4 is 0 Å². The first-order valence-corrected chi connectivity index (χ1v) is 6.28. The predicted octanol–water partition coefficient (Wildman–Crippen LogP) is 2.79. The first-order chi connectivity index (χ1) is 8.47. The summed E-state index contributed by atoms with van der Waals surface area (Å²) in [6.07, 6.45) is -0.0173. The van der Waals surface area contributed by atoms with Crippen molar-refractivity contribution in [2.24, 2.45) is 7.05 Å². The van der Waals surface area contributed by atoms with Gasteiger partial charge in [-0.15, -0.1) is 0 Å². The number of aliphatic carboxylic acids is 1. The van der Waals surface area contributed by atoms with Crippen LogP contribution in [0.3, 0.4) is 0 Å². The van der Waals surface area contributed by atoms with E-state index < -0.39 is 5.97 Å². The van der Waals surface area contributed by atoms with Crippen molar-refractivity contribution in [1.82, 2.24) is 9.78 Å². The average Bonchev–Trinajstić information content (AvgIpc) is 2.63. The Morgan fingerprint density at radius 3 is 2.83 bits per heavy atom. The zero-order valence-corrected chi connectivity index (χ0v) is 11.7. The molecule has 0 radical (unpaired) electrons. The topological polar surface area (TPSA) is 55.1 Å². The predicted molar refractivity (Wildman–Crippen MR) is 72.4 cm³/mol. The second kappa shape index (κ2) is 4.94. The number of carboxylic acids is 1. The third-order valence-electron chi connectivity index (χ3n) is 2.78. The highest BCUT2D eigenvalue weighted by Gasteiger charge is 2.12. The molecule has 1 heterocycles. The van der Waals surface area contributed by atoms with E-state index in [1.54, 1.807) is 11.7 Å². The first kappa shape index (κ1) is 12.8. The first-order valence-electron chi connectivity index (χ1n) is 5.48. The van der Waals surface area contributed by atoms with E-state index in [0.29, 0.717) is 5.69 Å². The third kappa shape index (κ3) is 2.61. The lowest BCUT2D eigenvalue weighted by atomic mass is 10.1. The van der Waals surface area contributed by atoms with Gasteiger partial charge in [-0.05, 0) is 30.7 Å². The molecular weight excluding hydrogens is 296 g/mol. The van der Waals surface area contributed by atoms with Gasteiger partial charge in [-0.2, -0.15) is 5.10 Å². The number of hydrogen-bond acceptors (Lipinski definition) is 2. The number of aromatic nitrogens is 2. The molecule has 0 saturated heterocycles. The maximum Gasteiger partial charge on any atom is 0.309 e. The van der Waals surface area contributed by atoms with Gasteiger partial charge in [0.05, 0.1) is 12.1 Å². The summed E-state index contributed by atoms with van der Waals surface area (Å²) >= 11 is 3.43. The van der Waals surface area contributed by atoms with Crippen molar-refractivity contribution >= 4 is 21.9 Å². The van der Waals surface area contributed by atoms with Gasteiger partial charge in [0.1, 0.15) is 0 Å². The summed E-state index contributed by atoms with van der Waals surface area (Å²) in [6.45, 7) is 2.01. The Kier molecular flexibility index (Phi) is 3.52. The summed E-state index contributed by atoms with van der Waals surface area (Å²) in [5, 5.41) is 13.2. The maximum atomic E-state index is 10.7. The van der Waals surface area contributed by atoms with Gasteiger partial charge in [0.25, 0.3) is 0 Å². The van der Waals surface area contributed by atoms with E-state index in [9.17, 15) is 4.79 Å². The fourth-order valence-electron chi connectivity index (χ4n) is 1.83. The Morgan fingerprint density at radius 1 is 1.44 bits per heavy atom. The molecule has 5 heteroatoms. The molecule has 0 amide bonds. The van der Waals surface area contributed by atoms with Crippen LogP contribution >= 0.6 is 15.9 Å². The molecule has 1 aromatic heterocycles. The molecule has 2 aromatic rings. The quantitative estimate of drug-likeness (QED) is 0.948. The van der Waals surface area contributed by atoms with Crippen molar-refractivity contribution in [3.05, 3.63) is 40.0 Å². The lowest BCUT2D eigenvalue weighted by molar-refractivity contribution is -0.136. The molecule has 0 spiro atoms.